The normalized spacial score (nSPS) is 15.4. The third kappa shape index (κ3) is 4.14. The molecule has 0 spiro atoms. The van der Waals surface area contributed by atoms with Crippen LogP contribution in [0, 0.1) is 0 Å². The summed E-state index contributed by atoms with van der Waals surface area (Å²) in [7, 11) is 0. The number of ether oxygens (including phenoxy) is 1. The molecule has 3 aromatic rings. The zero-order valence-corrected chi connectivity index (χ0v) is 15.9. The van der Waals surface area contributed by atoms with Gasteiger partial charge in [-0.3, -0.25) is 14.8 Å². The summed E-state index contributed by atoms with van der Waals surface area (Å²) in [5.41, 5.74) is 5.85. The minimum Gasteiger partial charge on any atom is -0.490 e. The first-order chi connectivity index (χ1) is 14.3. The highest BCUT2D eigenvalue weighted by molar-refractivity contribution is 5.92. The minimum atomic E-state index is -4.40. The van der Waals surface area contributed by atoms with E-state index in [1.54, 1.807) is 6.07 Å². The lowest BCUT2D eigenvalue weighted by molar-refractivity contribution is -0.137. The first-order valence-electron chi connectivity index (χ1n) is 9.45. The molecule has 1 aliphatic rings. The molecule has 2 aromatic heterocycles. The molecular weight excluding hydrogens is 397 g/mol. The first kappa shape index (κ1) is 19.9. The number of amides is 1. The van der Waals surface area contributed by atoms with E-state index in [-0.39, 0.29) is 11.8 Å². The predicted octanol–water partition coefficient (Wildman–Crippen LogP) is 3.80. The number of hydrogen-bond donors (Lipinski definition) is 1. The molecule has 156 valence electrons. The number of carbonyl (C=O) groups excluding carboxylic acids is 1. The predicted molar refractivity (Wildman–Crippen MR) is 105 cm³/mol. The number of pyridine rings is 2. The van der Waals surface area contributed by atoms with Gasteiger partial charge in [0.25, 0.3) is 5.91 Å². The molecule has 1 amide bonds. The highest BCUT2D eigenvalue weighted by Gasteiger charge is 2.31. The maximum Gasteiger partial charge on any atom is 0.416 e. The Hall–Kier alpha value is -3.36. The summed E-state index contributed by atoms with van der Waals surface area (Å²) in [4.78, 5) is 21.4. The van der Waals surface area contributed by atoms with Gasteiger partial charge in [-0.25, -0.2) is 0 Å². The van der Waals surface area contributed by atoms with Crippen molar-refractivity contribution in [2.75, 3.05) is 18.0 Å². The van der Waals surface area contributed by atoms with Crippen LogP contribution in [0.15, 0.2) is 48.8 Å². The molecule has 4 rings (SSSR count). The number of piperidine rings is 1. The second kappa shape index (κ2) is 7.81. The van der Waals surface area contributed by atoms with Gasteiger partial charge in [-0.05, 0) is 24.3 Å². The van der Waals surface area contributed by atoms with E-state index < -0.39 is 17.6 Å². The van der Waals surface area contributed by atoms with E-state index in [1.165, 1.54) is 24.5 Å². The zero-order valence-electron chi connectivity index (χ0n) is 15.9. The second-order valence-corrected chi connectivity index (χ2v) is 7.11. The molecule has 30 heavy (non-hydrogen) atoms. The molecular formula is C21H19F3N4O2. The number of fused-ring (bicyclic) bond motifs is 1. The molecule has 1 aromatic carbocycles. The number of hydrogen-bond acceptors (Lipinski definition) is 5. The average molecular weight is 416 g/mol. The van der Waals surface area contributed by atoms with E-state index >= 15 is 0 Å². The van der Waals surface area contributed by atoms with Crippen molar-refractivity contribution in [3.8, 4) is 5.75 Å². The molecule has 1 aliphatic heterocycles. The maximum atomic E-state index is 13.0. The van der Waals surface area contributed by atoms with Crippen LogP contribution in [0.4, 0.5) is 18.9 Å². The third-order valence-corrected chi connectivity index (χ3v) is 5.12. The van der Waals surface area contributed by atoms with Gasteiger partial charge in [0.05, 0.1) is 11.1 Å². The molecule has 2 N–H and O–H groups in total. The Bertz CT molecular complexity index is 1080. The number of benzene rings is 1. The van der Waals surface area contributed by atoms with Gasteiger partial charge in [-0.1, -0.05) is 6.07 Å². The van der Waals surface area contributed by atoms with Crippen LogP contribution in [0.2, 0.25) is 0 Å². The van der Waals surface area contributed by atoms with Gasteiger partial charge in [0.1, 0.15) is 17.5 Å². The third-order valence-electron chi connectivity index (χ3n) is 5.12. The lowest BCUT2D eigenvalue weighted by atomic mass is 10.0. The summed E-state index contributed by atoms with van der Waals surface area (Å²) >= 11 is 0. The van der Waals surface area contributed by atoms with E-state index in [4.69, 9.17) is 10.5 Å². The van der Waals surface area contributed by atoms with Crippen molar-refractivity contribution in [1.82, 2.24) is 9.97 Å². The van der Waals surface area contributed by atoms with Gasteiger partial charge < -0.3 is 15.4 Å². The van der Waals surface area contributed by atoms with Gasteiger partial charge >= 0.3 is 6.18 Å². The smallest absolute Gasteiger partial charge is 0.416 e. The van der Waals surface area contributed by atoms with Crippen LogP contribution in [-0.2, 0) is 6.18 Å². The van der Waals surface area contributed by atoms with E-state index in [0.29, 0.717) is 29.7 Å². The van der Waals surface area contributed by atoms with Crippen molar-refractivity contribution in [2.45, 2.75) is 25.1 Å². The number of primary amides is 1. The van der Waals surface area contributed by atoms with Gasteiger partial charge in [-0.2, -0.15) is 13.2 Å². The van der Waals surface area contributed by atoms with Crippen molar-refractivity contribution in [1.29, 1.82) is 0 Å². The van der Waals surface area contributed by atoms with Crippen LogP contribution in [0.3, 0.4) is 0 Å². The summed E-state index contributed by atoms with van der Waals surface area (Å²) in [6.07, 6.45) is 0.000544. The van der Waals surface area contributed by atoms with Crippen molar-refractivity contribution in [2.24, 2.45) is 5.73 Å². The van der Waals surface area contributed by atoms with Crippen molar-refractivity contribution >= 4 is 22.5 Å². The molecule has 9 heteroatoms. The van der Waals surface area contributed by atoms with Gasteiger partial charge in [-0.15, -0.1) is 0 Å². The summed E-state index contributed by atoms with van der Waals surface area (Å²) in [6, 6.07) is 8.65. The number of nitrogens with two attached hydrogens (primary N) is 1. The van der Waals surface area contributed by atoms with Gasteiger partial charge in [0.2, 0.25) is 0 Å². The van der Waals surface area contributed by atoms with E-state index in [9.17, 15) is 18.0 Å². The Labute approximate surface area is 170 Å². The van der Waals surface area contributed by atoms with E-state index in [1.807, 2.05) is 6.07 Å². The van der Waals surface area contributed by atoms with Crippen LogP contribution in [0.1, 0.15) is 28.9 Å². The van der Waals surface area contributed by atoms with E-state index in [0.717, 1.165) is 30.7 Å². The fraction of sp³-hybridized carbons (Fsp3) is 0.286. The average Bonchev–Trinajstić information content (AvgIpc) is 2.73. The maximum absolute atomic E-state index is 13.0. The number of carbonyl (C=O) groups is 1. The molecule has 0 radical (unpaired) electrons. The summed E-state index contributed by atoms with van der Waals surface area (Å²) < 4.78 is 44.9. The SMILES string of the molecule is NC(=O)c1cc(OC2CCN(c3ccnc4cc(C(F)(F)F)ccc34)CC2)ccn1. The second-order valence-electron chi connectivity index (χ2n) is 7.11. The Kier molecular flexibility index (Phi) is 5.19. The van der Waals surface area contributed by atoms with Gasteiger partial charge in [0.15, 0.2) is 0 Å². The topological polar surface area (TPSA) is 81.3 Å². The lowest BCUT2D eigenvalue weighted by Gasteiger charge is -2.34. The van der Waals surface area contributed by atoms with Crippen molar-refractivity contribution in [3.63, 3.8) is 0 Å². The lowest BCUT2D eigenvalue weighted by Crippen LogP contribution is -2.38. The Morgan fingerprint density at radius 1 is 1.07 bits per heavy atom. The number of aromatic nitrogens is 2. The number of halogens is 3. The number of nitrogens with zero attached hydrogens (tertiary/aromatic N) is 3. The van der Waals surface area contributed by atoms with Crippen LogP contribution in [0.25, 0.3) is 10.9 Å². The monoisotopic (exact) mass is 416 g/mol. The highest BCUT2D eigenvalue weighted by Crippen LogP contribution is 2.34. The van der Waals surface area contributed by atoms with Crippen LogP contribution < -0.4 is 15.4 Å². The van der Waals surface area contributed by atoms with E-state index in [2.05, 4.69) is 14.9 Å². The fourth-order valence-corrected chi connectivity index (χ4v) is 3.61. The highest BCUT2D eigenvalue weighted by atomic mass is 19.4. The standard InChI is InChI=1S/C21H19F3N4O2/c22-21(23,24)13-1-2-16-17(11-13)26-8-4-19(16)28-9-5-14(6-10-28)30-15-3-7-27-18(12-15)20(25)29/h1-4,7-8,11-12,14H,5-6,9-10H2,(H2,25,29). The number of alkyl halides is 3. The quantitative estimate of drug-likeness (QED) is 0.700. The first-order valence-corrected chi connectivity index (χ1v) is 9.45. The molecule has 0 bridgehead atoms. The summed E-state index contributed by atoms with van der Waals surface area (Å²) in [6.45, 7) is 1.36. The molecule has 0 saturated carbocycles. The summed E-state index contributed by atoms with van der Waals surface area (Å²) in [5, 5.41) is 0.685. The van der Waals surface area contributed by atoms with Crippen LogP contribution in [0.5, 0.6) is 5.75 Å². The van der Waals surface area contributed by atoms with Crippen LogP contribution in [-0.4, -0.2) is 35.1 Å². The van der Waals surface area contributed by atoms with Crippen LogP contribution >= 0.6 is 0 Å². The molecule has 0 atom stereocenters. The zero-order chi connectivity index (χ0) is 21.3. The van der Waals surface area contributed by atoms with Crippen molar-refractivity contribution < 1.29 is 22.7 Å². The Balaban J connectivity index is 1.47. The molecule has 1 saturated heterocycles. The minimum absolute atomic E-state index is 0.0469. The number of rotatable bonds is 4. The fourth-order valence-electron chi connectivity index (χ4n) is 3.61. The molecule has 0 aliphatic carbocycles. The summed E-state index contributed by atoms with van der Waals surface area (Å²) in [5.74, 6) is -0.0835. The molecule has 6 nitrogen and oxygen atoms in total. The number of anilines is 1. The molecule has 0 unspecified atom stereocenters. The van der Waals surface area contributed by atoms with Crippen molar-refractivity contribution in [3.05, 3.63) is 60.0 Å². The molecule has 1 fully saturated rings. The Morgan fingerprint density at radius 2 is 1.80 bits per heavy atom. The Morgan fingerprint density at radius 3 is 2.50 bits per heavy atom. The largest absolute Gasteiger partial charge is 0.490 e. The van der Waals surface area contributed by atoms with Gasteiger partial charge in [0, 0.05) is 55.5 Å². The molecule has 3 heterocycles.